The smallest absolute Gasteiger partial charge is 0.243 e. The Balaban J connectivity index is 1.79. The summed E-state index contributed by atoms with van der Waals surface area (Å²) in [6.07, 6.45) is 0. The third kappa shape index (κ3) is 3.95. The van der Waals surface area contributed by atoms with Gasteiger partial charge in [0, 0.05) is 26.2 Å². The highest BCUT2D eigenvalue weighted by molar-refractivity contribution is 7.89. The molecule has 0 radical (unpaired) electrons. The molecule has 0 spiro atoms. The predicted octanol–water partition coefficient (Wildman–Crippen LogP) is 3.22. The fourth-order valence-corrected chi connectivity index (χ4v) is 5.28. The second kappa shape index (κ2) is 8.41. The van der Waals surface area contributed by atoms with Crippen LogP contribution in [0.4, 0.5) is 5.69 Å². The number of rotatable bonds is 6. The van der Waals surface area contributed by atoms with Gasteiger partial charge in [0.2, 0.25) is 10.0 Å². The van der Waals surface area contributed by atoms with E-state index in [2.05, 4.69) is 4.90 Å². The second-order valence-electron chi connectivity index (χ2n) is 6.88. The first-order valence-electron chi connectivity index (χ1n) is 9.50. The topological polar surface area (TPSA) is 59.1 Å². The lowest BCUT2D eigenvalue weighted by Crippen LogP contribution is -2.48. The summed E-state index contributed by atoms with van der Waals surface area (Å²) in [5.41, 5.74) is 2.53. The molecule has 0 aliphatic carbocycles. The monoisotopic (exact) mass is 404 g/mol. The van der Waals surface area contributed by atoms with E-state index in [-0.39, 0.29) is 0 Å². The van der Waals surface area contributed by atoms with E-state index in [9.17, 15) is 8.42 Å². The Morgan fingerprint density at radius 2 is 1.64 bits per heavy atom. The van der Waals surface area contributed by atoms with Crippen molar-refractivity contribution in [3.63, 3.8) is 0 Å². The standard InChI is InChI=1S/C21H28N2O4S/c1-5-27-19-9-7-6-8-18(19)22-10-12-23(13-11-22)28(24,25)21-15-16(2)20(26-4)14-17(21)3/h6-9,14-15H,5,10-13H2,1-4H3. The highest BCUT2D eigenvalue weighted by Gasteiger charge is 2.30. The van der Waals surface area contributed by atoms with Gasteiger partial charge in [-0.3, -0.25) is 0 Å². The number of sulfonamides is 1. The molecule has 0 saturated carbocycles. The second-order valence-corrected chi connectivity index (χ2v) is 8.79. The van der Waals surface area contributed by atoms with Crippen molar-refractivity contribution in [1.82, 2.24) is 4.31 Å². The molecule has 0 amide bonds. The zero-order valence-corrected chi connectivity index (χ0v) is 17.8. The Kier molecular flexibility index (Phi) is 6.15. The van der Waals surface area contributed by atoms with Crippen LogP contribution in [0.2, 0.25) is 0 Å². The Morgan fingerprint density at radius 1 is 0.964 bits per heavy atom. The van der Waals surface area contributed by atoms with E-state index in [1.54, 1.807) is 23.5 Å². The number of nitrogens with zero attached hydrogens (tertiary/aromatic N) is 2. The largest absolute Gasteiger partial charge is 0.496 e. The number of anilines is 1. The van der Waals surface area contributed by atoms with Crippen LogP contribution in [0.25, 0.3) is 0 Å². The van der Waals surface area contributed by atoms with E-state index in [0.717, 1.165) is 17.0 Å². The molecule has 0 unspecified atom stereocenters. The molecule has 1 heterocycles. The first kappa shape index (κ1) is 20.5. The lowest BCUT2D eigenvalue weighted by atomic mass is 10.1. The van der Waals surface area contributed by atoms with Gasteiger partial charge in [-0.05, 0) is 56.2 Å². The third-order valence-electron chi connectivity index (χ3n) is 5.05. The summed E-state index contributed by atoms with van der Waals surface area (Å²) in [6, 6.07) is 11.4. The lowest BCUT2D eigenvalue weighted by Gasteiger charge is -2.36. The predicted molar refractivity (Wildman–Crippen MR) is 111 cm³/mol. The maximum atomic E-state index is 13.2. The number of hydrogen-bond donors (Lipinski definition) is 0. The zero-order valence-electron chi connectivity index (χ0n) is 16.9. The van der Waals surface area contributed by atoms with Crippen molar-refractivity contribution in [2.45, 2.75) is 25.7 Å². The Morgan fingerprint density at radius 3 is 2.29 bits per heavy atom. The van der Waals surface area contributed by atoms with Gasteiger partial charge in [-0.2, -0.15) is 4.31 Å². The summed E-state index contributed by atoms with van der Waals surface area (Å²) >= 11 is 0. The van der Waals surface area contributed by atoms with Crippen LogP contribution in [0.3, 0.4) is 0 Å². The Bertz CT molecular complexity index is 935. The van der Waals surface area contributed by atoms with E-state index in [1.165, 1.54) is 0 Å². The van der Waals surface area contributed by atoms with E-state index in [4.69, 9.17) is 9.47 Å². The zero-order chi connectivity index (χ0) is 20.3. The molecule has 0 aromatic heterocycles. The van der Waals surface area contributed by atoms with E-state index >= 15 is 0 Å². The van der Waals surface area contributed by atoms with Crippen LogP contribution >= 0.6 is 0 Å². The summed E-state index contributed by atoms with van der Waals surface area (Å²) in [6.45, 7) is 8.35. The van der Waals surface area contributed by atoms with Crippen LogP contribution in [0.15, 0.2) is 41.3 Å². The third-order valence-corrected chi connectivity index (χ3v) is 7.10. The summed E-state index contributed by atoms with van der Waals surface area (Å²) in [7, 11) is -1.95. The molecule has 1 aliphatic rings. The van der Waals surface area contributed by atoms with Crippen LogP contribution in [-0.2, 0) is 10.0 Å². The number of benzene rings is 2. The van der Waals surface area contributed by atoms with Gasteiger partial charge in [0.05, 0.1) is 24.3 Å². The fourth-order valence-electron chi connectivity index (χ4n) is 3.57. The minimum atomic E-state index is -3.55. The van der Waals surface area contributed by atoms with Gasteiger partial charge < -0.3 is 14.4 Å². The minimum Gasteiger partial charge on any atom is -0.496 e. The van der Waals surface area contributed by atoms with E-state index < -0.39 is 10.0 Å². The molecule has 6 nitrogen and oxygen atoms in total. The molecule has 1 aliphatic heterocycles. The lowest BCUT2D eigenvalue weighted by molar-refractivity contribution is 0.337. The van der Waals surface area contributed by atoms with Crippen molar-refractivity contribution in [2.24, 2.45) is 0 Å². The maximum Gasteiger partial charge on any atom is 0.243 e. The highest BCUT2D eigenvalue weighted by atomic mass is 32.2. The highest BCUT2D eigenvalue weighted by Crippen LogP contribution is 2.31. The van der Waals surface area contributed by atoms with Crippen LogP contribution in [-0.4, -0.2) is 52.6 Å². The van der Waals surface area contributed by atoms with Crippen molar-refractivity contribution in [1.29, 1.82) is 0 Å². The molecule has 1 saturated heterocycles. The number of methoxy groups -OCH3 is 1. The average Bonchev–Trinajstić information content (AvgIpc) is 2.70. The summed E-state index contributed by atoms with van der Waals surface area (Å²) < 4.78 is 39.0. The summed E-state index contributed by atoms with van der Waals surface area (Å²) in [5.74, 6) is 1.54. The van der Waals surface area contributed by atoms with Gasteiger partial charge in [0.25, 0.3) is 0 Å². The van der Waals surface area contributed by atoms with Crippen molar-refractivity contribution >= 4 is 15.7 Å². The number of piperazine rings is 1. The number of hydrogen-bond acceptors (Lipinski definition) is 5. The summed E-state index contributed by atoms with van der Waals surface area (Å²) in [5, 5.41) is 0. The molecule has 1 fully saturated rings. The van der Waals surface area contributed by atoms with Crippen molar-refractivity contribution < 1.29 is 17.9 Å². The molecule has 0 bridgehead atoms. The molecule has 3 rings (SSSR count). The van der Waals surface area contributed by atoms with Gasteiger partial charge >= 0.3 is 0 Å². The first-order valence-corrected chi connectivity index (χ1v) is 10.9. The first-order chi connectivity index (χ1) is 13.4. The molecule has 152 valence electrons. The van der Waals surface area contributed by atoms with E-state index in [0.29, 0.717) is 49.0 Å². The van der Waals surface area contributed by atoms with Crippen LogP contribution in [0.5, 0.6) is 11.5 Å². The number of aryl methyl sites for hydroxylation is 2. The molecule has 0 atom stereocenters. The maximum absolute atomic E-state index is 13.2. The quantitative estimate of drug-likeness (QED) is 0.740. The average molecular weight is 405 g/mol. The SMILES string of the molecule is CCOc1ccccc1N1CCN(S(=O)(=O)c2cc(C)c(OC)cc2C)CC1. The van der Waals surface area contributed by atoms with Gasteiger partial charge in [-0.25, -0.2) is 8.42 Å². The molecule has 2 aromatic carbocycles. The molecular formula is C21H28N2O4S. The fraction of sp³-hybridized carbons (Fsp3) is 0.429. The van der Waals surface area contributed by atoms with Gasteiger partial charge in [-0.1, -0.05) is 12.1 Å². The molecule has 7 heteroatoms. The van der Waals surface area contributed by atoms with Crippen molar-refractivity contribution in [3.8, 4) is 11.5 Å². The van der Waals surface area contributed by atoms with Crippen molar-refractivity contribution in [2.75, 3.05) is 44.8 Å². The van der Waals surface area contributed by atoms with Crippen LogP contribution < -0.4 is 14.4 Å². The Hall–Kier alpha value is -2.25. The summed E-state index contributed by atoms with van der Waals surface area (Å²) in [4.78, 5) is 2.54. The molecular weight excluding hydrogens is 376 g/mol. The van der Waals surface area contributed by atoms with Crippen LogP contribution in [0.1, 0.15) is 18.1 Å². The molecule has 28 heavy (non-hydrogen) atoms. The van der Waals surface area contributed by atoms with Gasteiger partial charge in [0.1, 0.15) is 11.5 Å². The van der Waals surface area contributed by atoms with Crippen LogP contribution in [0, 0.1) is 13.8 Å². The number of ether oxygens (including phenoxy) is 2. The Labute approximate surface area is 167 Å². The van der Waals surface area contributed by atoms with E-state index in [1.807, 2.05) is 45.0 Å². The normalized spacial score (nSPS) is 15.5. The van der Waals surface area contributed by atoms with Gasteiger partial charge in [0.15, 0.2) is 0 Å². The minimum absolute atomic E-state index is 0.356. The number of para-hydroxylation sites is 2. The van der Waals surface area contributed by atoms with Gasteiger partial charge in [-0.15, -0.1) is 0 Å². The molecule has 0 N–H and O–H groups in total. The van der Waals surface area contributed by atoms with Crippen molar-refractivity contribution in [3.05, 3.63) is 47.5 Å². The molecule has 2 aromatic rings.